The maximum atomic E-state index is 13.0. The van der Waals surface area contributed by atoms with E-state index in [2.05, 4.69) is 50.7 Å². The minimum atomic E-state index is -0.191. The van der Waals surface area contributed by atoms with Crippen LogP contribution in [-0.2, 0) is 10.2 Å². The van der Waals surface area contributed by atoms with Crippen LogP contribution in [0.1, 0.15) is 30.4 Å². The molecule has 3 saturated carbocycles. The van der Waals surface area contributed by atoms with E-state index in [1.54, 1.807) is 6.21 Å². The first-order chi connectivity index (χ1) is 12.2. The van der Waals surface area contributed by atoms with Crippen molar-refractivity contribution >= 4 is 28.1 Å². The molecule has 2 unspecified atom stereocenters. The molecule has 126 valence electrons. The SMILES string of the molecule is O=C(N/N=C/c1ccc(Br)cc1)C12[C@H]3CCC[C@@H]1C32c1ccccc1. The van der Waals surface area contributed by atoms with E-state index in [1.165, 1.54) is 12.0 Å². The van der Waals surface area contributed by atoms with Gasteiger partial charge in [-0.1, -0.05) is 64.8 Å². The Bertz CT molecular complexity index is 847. The predicted octanol–water partition coefficient (Wildman–Crippen LogP) is 4.27. The molecule has 0 bridgehead atoms. The molecule has 0 heterocycles. The molecule has 2 aromatic carbocycles. The fourth-order valence-electron chi connectivity index (χ4n) is 5.70. The van der Waals surface area contributed by atoms with Crippen molar-refractivity contribution in [3.05, 3.63) is 70.2 Å². The Hall–Kier alpha value is -1.94. The van der Waals surface area contributed by atoms with Crippen molar-refractivity contribution in [2.24, 2.45) is 22.4 Å². The number of amides is 1. The lowest BCUT2D eigenvalue weighted by atomic mass is 9.77. The maximum absolute atomic E-state index is 13.0. The van der Waals surface area contributed by atoms with Crippen molar-refractivity contribution in [1.29, 1.82) is 0 Å². The van der Waals surface area contributed by atoms with Crippen LogP contribution in [0.15, 0.2) is 64.2 Å². The molecule has 3 nitrogen and oxygen atoms in total. The highest BCUT2D eigenvalue weighted by molar-refractivity contribution is 9.10. The number of nitrogens with one attached hydrogen (secondary N) is 1. The average molecular weight is 395 g/mol. The minimum Gasteiger partial charge on any atom is -0.272 e. The van der Waals surface area contributed by atoms with Crippen LogP contribution in [0.4, 0.5) is 0 Å². The minimum absolute atomic E-state index is 0.101. The summed E-state index contributed by atoms with van der Waals surface area (Å²) in [4.78, 5) is 13.0. The molecule has 4 heteroatoms. The van der Waals surface area contributed by atoms with Gasteiger partial charge in [-0.15, -0.1) is 0 Å². The summed E-state index contributed by atoms with van der Waals surface area (Å²) >= 11 is 3.42. The standard InChI is InChI=1S/C21H19BrN2O/c22-16-11-9-14(10-12-16)13-23-24-19(25)21-17-7-4-8-18(21)20(17,21)15-5-2-1-3-6-15/h1-3,5-6,9-13,17-18H,4,7-8H2,(H,24,25)/b23-13+/t17-,18+,20?,21?. The molecular weight excluding hydrogens is 376 g/mol. The van der Waals surface area contributed by atoms with Crippen molar-refractivity contribution in [3.63, 3.8) is 0 Å². The van der Waals surface area contributed by atoms with Crippen LogP contribution in [-0.4, -0.2) is 12.1 Å². The van der Waals surface area contributed by atoms with Gasteiger partial charge in [-0.05, 0) is 47.9 Å². The molecule has 0 aliphatic heterocycles. The fourth-order valence-corrected chi connectivity index (χ4v) is 5.96. The second kappa shape index (κ2) is 5.28. The van der Waals surface area contributed by atoms with Gasteiger partial charge in [-0.3, -0.25) is 4.79 Å². The molecule has 1 N–H and O–H groups in total. The van der Waals surface area contributed by atoms with E-state index in [4.69, 9.17) is 0 Å². The van der Waals surface area contributed by atoms with Gasteiger partial charge in [0.1, 0.15) is 0 Å². The Morgan fingerprint density at radius 2 is 1.76 bits per heavy atom. The van der Waals surface area contributed by atoms with Gasteiger partial charge in [0, 0.05) is 9.89 Å². The zero-order valence-electron chi connectivity index (χ0n) is 13.8. The lowest BCUT2D eigenvalue weighted by Crippen LogP contribution is -2.31. The van der Waals surface area contributed by atoms with Gasteiger partial charge in [0.05, 0.1) is 11.6 Å². The Morgan fingerprint density at radius 1 is 1.08 bits per heavy atom. The normalized spacial score (nSPS) is 34.4. The zero-order valence-corrected chi connectivity index (χ0v) is 15.4. The van der Waals surface area contributed by atoms with Crippen LogP contribution in [0.5, 0.6) is 0 Å². The fraction of sp³-hybridized carbons (Fsp3) is 0.333. The summed E-state index contributed by atoms with van der Waals surface area (Å²) < 4.78 is 1.03. The zero-order chi connectivity index (χ0) is 17.1. The van der Waals surface area contributed by atoms with Crippen LogP contribution in [0.25, 0.3) is 0 Å². The monoisotopic (exact) mass is 394 g/mol. The number of hydrogen-bond donors (Lipinski definition) is 1. The van der Waals surface area contributed by atoms with E-state index in [1.807, 2.05) is 30.3 Å². The lowest BCUT2D eigenvalue weighted by molar-refractivity contribution is -0.126. The highest BCUT2D eigenvalue weighted by Crippen LogP contribution is 2.97. The van der Waals surface area contributed by atoms with Gasteiger partial charge in [0.25, 0.3) is 0 Å². The number of halogens is 1. The summed E-state index contributed by atoms with van der Waals surface area (Å²) in [6, 6.07) is 18.5. The van der Waals surface area contributed by atoms with Crippen LogP contribution < -0.4 is 5.43 Å². The Kier molecular flexibility index (Phi) is 3.23. The summed E-state index contributed by atoms with van der Waals surface area (Å²) in [6.07, 6.45) is 5.29. The first-order valence-corrected chi connectivity index (χ1v) is 9.66. The number of hydrazone groups is 1. The van der Waals surface area contributed by atoms with E-state index in [-0.39, 0.29) is 16.7 Å². The van der Waals surface area contributed by atoms with Crippen molar-refractivity contribution in [2.45, 2.75) is 24.7 Å². The van der Waals surface area contributed by atoms with Gasteiger partial charge >= 0.3 is 0 Å². The van der Waals surface area contributed by atoms with E-state index >= 15 is 0 Å². The molecule has 0 radical (unpaired) electrons. The number of hydrogen-bond acceptors (Lipinski definition) is 2. The smallest absolute Gasteiger partial charge is 0.247 e. The molecule has 5 rings (SSSR count). The topological polar surface area (TPSA) is 41.5 Å². The number of benzene rings is 2. The first kappa shape index (κ1) is 15.3. The molecule has 0 saturated heterocycles. The third-order valence-corrected chi connectivity index (χ3v) is 7.11. The highest BCUT2D eigenvalue weighted by atomic mass is 79.9. The summed E-state index contributed by atoms with van der Waals surface area (Å²) in [7, 11) is 0. The summed E-state index contributed by atoms with van der Waals surface area (Å²) in [6.45, 7) is 0. The van der Waals surface area contributed by atoms with Gasteiger partial charge in [0.2, 0.25) is 5.91 Å². The molecule has 25 heavy (non-hydrogen) atoms. The van der Waals surface area contributed by atoms with E-state index in [0.717, 1.165) is 22.9 Å². The first-order valence-electron chi connectivity index (χ1n) is 8.87. The largest absolute Gasteiger partial charge is 0.272 e. The molecule has 4 atom stereocenters. The third kappa shape index (κ3) is 1.86. The van der Waals surface area contributed by atoms with Crippen LogP contribution >= 0.6 is 15.9 Å². The number of rotatable bonds is 4. The van der Waals surface area contributed by atoms with Gasteiger partial charge < -0.3 is 0 Å². The van der Waals surface area contributed by atoms with Gasteiger partial charge in [-0.2, -0.15) is 5.10 Å². The maximum Gasteiger partial charge on any atom is 0.247 e. The van der Waals surface area contributed by atoms with Crippen LogP contribution in [0, 0.1) is 17.3 Å². The van der Waals surface area contributed by atoms with E-state index in [0.29, 0.717) is 11.8 Å². The molecule has 0 spiro atoms. The molecule has 0 aromatic heterocycles. The molecule has 2 aromatic rings. The van der Waals surface area contributed by atoms with Gasteiger partial charge in [0.15, 0.2) is 0 Å². The van der Waals surface area contributed by atoms with Crippen molar-refractivity contribution in [2.75, 3.05) is 0 Å². The Balaban J connectivity index is 1.35. The van der Waals surface area contributed by atoms with Crippen molar-refractivity contribution in [3.8, 4) is 0 Å². The summed E-state index contributed by atoms with van der Waals surface area (Å²) in [5, 5.41) is 4.22. The summed E-state index contributed by atoms with van der Waals surface area (Å²) in [5.74, 6) is 1.12. The molecule has 1 amide bonds. The van der Waals surface area contributed by atoms with Crippen molar-refractivity contribution < 1.29 is 4.79 Å². The molecule has 3 aliphatic rings. The quantitative estimate of drug-likeness (QED) is 0.610. The molecular formula is C21H19BrN2O. The van der Waals surface area contributed by atoms with Gasteiger partial charge in [-0.25, -0.2) is 5.43 Å². The molecule has 3 fully saturated rings. The highest BCUT2D eigenvalue weighted by Gasteiger charge is 3.01. The molecule has 3 aliphatic carbocycles. The predicted molar refractivity (Wildman–Crippen MR) is 101 cm³/mol. The third-order valence-electron chi connectivity index (χ3n) is 6.58. The Morgan fingerprint density at radius 3 is 2.44 bits per heavy atom. The average Bonchev–Trinajstić information content (AvgIpc) is 3.51. The lowest BCUT2D eigenvalue weighted by Gasteiger charge is -2.27. The second-order valence-corrected chi connectivity index (χ2v) is 8.31. The summed E-state index contributed by atoms with van der Waals surface area (Å²) in [5.41, 5.74) is 5.06. The number of carbonyl (C=O) groups excluding carboxylic acids is 1. The van der Waals surface area contributed by atoms with E-state index in [9.17, 15) is 4.79 Å². The number of fused-ring (bicyclic) bond motifs is 2. The second-order valence-electron chi connectivity index (χ2n) is 7.39. The van der Waals surface area contributed by atoms with Crippen LogP contribution in [0.3, 0.4) is 0 Å². The number of nitrogens with zero attached hydrogens (tertiary/aromatic N) is 1. The van der Waals surface area contributed by atoms with Crippen LogP contribution in [0.2, 0.25) is 0 Å². The van der Waals surface area contributed by atoms with E-state index < -0.39 is 0 Å². The van der Waals surface area contributed by atoms with Crippen molar-refractivity contribution in [1.82, 2.24) is 5.43 Å². The number of carbonyl (C=O) groups is 1. The Labute approximate surface area is 155 Å².